The van der Waals surface area contributed by atoms with Crippen molar-refractivity contribution >= 4 is 17.5 Å². The van der Waals surface area contributed by atoms with E-state index in [2.05, 4.69) is 0 Å². The van der Waals surface area contributed by atoms with Gasteiger partial charge >= 0.3 is 5.63 Å². The van der Waals surface area contributed by atoms with Crippen molar-refractivity contribution in [3.05, 3.63) is 87.4 Å². The first-order valence-corrected chi connectivity index (χ1v) is 9.29. The molecule has 1 aliphatic heterocycles. The minimum atomic E-state index is -0.443. The van der Waals surface area contributed by atoms with Crippen molar-refractivity contribution in [2.45, 2.75) is 13.0 Å². The van der Waals surface area contributed by atoms with Gasteiger partial charge in [0.05, 0.1) is 19.2 Å². The van der Waals surface area contributed by atoms with Crippen molar-refractivity contribution in [2.24, 2.45) is 0 Å². The lowest BCUT2D eigenvalue weighted by molar-refractivity contribution is 0.0175. The second kappa shape index (κ2) is 7.52. The highest BCUT2D eigenvalue weighted by atomic mass is 35.5. The lowest BCUT2D eigenvalue weighted by atomic mass is 10.0. The van der Waals surface area contributed by atoms with E-state index in [4.69, 9.17) is 20.8 Å². The fourth-order valence-electron chi connectivity index (χ4n) is 3.17. The largest absolute Gasteiger partial charge is 0.486 e. The Bertz CT molecular complexity index is 1070. The topological polar surface area (TPSA) is 59.8 Å². The first kappa shape index (κ1) is 18.3. The molecule has 3 aromatic rings. The SMILES string of the molecule is Cc1cc(OC2CN(C(=O)c3ccc(-c4cccc(Cl)c4)cc3)C2)cc(=O)o1. The lowest BCUT2D eigenvalue weighted by Gasteiger charge is -2.39. The number of halogens is 1. The van der Waals surface area contributed by atoms with E-state index in [9.17, 15) is 9.59 Å². The summed E-state index contributed by atoms with van der Waals surface area (Å²) in [6.45, 7) is 2.65. The van der Waals surface area contributed by atoms with Gasteiger partial charge < -0.3 is 14.1 Å². The highest BCUT2D eigenvalue weighted by Crippen LogP contribution is 2.24. The summed E-state index contributed by atoms with van der Waals surface area (Å²) < 4.78 is 10.7. The first-order chi connectivity index (χ1) is 13.5. The van der Waals surface area contributed by atoms with Gasteiger partial charge in [0, 0.05) is 16.7 Å². The van der Waals surface area contributed by atoms with Crippen molar-refractivity contribution in [3.63, 3.8) is 0 Å². The summed E-state index contributed by atoms with van der Waals surface area (Å²) in [4.78, 5) is 25.7. The van der Waals surface area contributed by atoms with E-state index in [-0.39, 0.29) is 12.0 Å². The summed E-state index contributed by atoms with van der Waals surface area (Å²) in [5.74, 6) is 0.924. The van der Waals surface area contributed by atoms with Crippen LogP contribution in [0.15, 0.2) is 69.9 Å². The number of hydrogen-bond donors (Lipinski definition) is 0. The summed E-state index contributed by atoms with van der Waals surface area (Å²) >= 11 is 6.04. The Morgan fingerprint density at radius 3 is 2.50 bits per heavy atom. The molecule has 0 unspecified atom stereocenters. The minimum absolute atomic E-state index is 0.0405. The molecule has 0 radical (unpaired) electrons. The Hall–Kier alpha value is -3.05. The van der Waals surface area contributed by atoms with E-state index in [0.717, 1.165) is 11.1 Å². The molecule has 1 saturated heterocycles. The molecule has 5 nitrogen and oxygen atoms in total. The first-order valence-electron chi connectivity index (χ1n) is 8.92. The van der Waals surface area contributed by atoms with Crippen LogP contribution in [0, 0.1) is 6.92 Å². The monoisotopic (exact) mass is 395 g/mol. The quantitative estimate of drug-likeness (QED) is 0.665. The molecule has 4 rings (SSSR count). The van der Waals surface area contributed by atoms with Crippen LogP contribution < -0.4 is 10.4 Å². The summed E-state index contributed by atoms with van der Waals surface area (Å²) in [7, 11) is 0. The van der Waals surface area contributed by atoms with Gasteiger partial charge in [-0.1, -0.05) is 35.9 Å². The van der Waals surface area contributed by atoms with E-state index in [1.54, 1.807) is 17.9 Å². The van der Waals surface area contributed by atoms with Crippen LogP contribution in [0.25, 0.3) is 11.1 Å². The smallest absolute Gasteiger partial charge is 0.339 e. The number of ether oxygens (including phenoxy) is 1. The molecule has 0 atom stereocenters. The fraction of sp³-hybridized carbons (Fsp3) is 0.182. The number of carbonyl (C=O) groups excluding carboxylic acids is 1. The molecule has 1 amide bonds. The van der Waals surface area contributed by atoms with Gasteiger partial charge in [-0.2, -0.15) is 0 Å². The molecule has 28 heavy (non-hydrogen) atoms. The lowest BCUT2D eigenvalue weighted by Crippen LogP contribution is -2.56. The summed E-state index contributed by atoms with van der Waals surface area (Å²) in [5.41, 5.74) is 2.19. The third kappa shape index (κ3) is 3.94. The number of benzene rings is 2. The van der Waals surface area contributed by atoms with Gasteiger partial charge in [0.15, 0.2) is 0 Å². The van der Waals surface area contributed by atoms with Crippen molar-refractivity contribution in [1.29, 1.82) is 0 Å². The van der Waals surface area contributed by atoms with Gasteiger partial charge in [-0.05, 0) is 42.3 Å². The molecule has 0 aliphatic carbocycles. The van der Waals surface area contributed by atoms with Gasteiger partial charge in [-0.3, -0.25) is 4.79 Å². The molecule has 1 aromatic heterocycles. The molecule has 142 valence electrons. The van der Waals surface area contributed by atoms with Crippen LogP contribution in [-0.4, -0.2) is 30.0 Å². The van der Waals surface area contributed by atoms with Crippen molar-refractivity contribution in [1.82, 2.24) is 4.90 Å². The third-order valence-corrected chi connectivity index (χ3v) is 4.83. The van der Waals surface area contributed by atoms with Crippen LogP contribution in [0.1, 0.15) is 16.1 Å². The van der Waals surface area contributed by atoms with Crippen LogP contribution in [-0.2, 0) is 0 Å². The maximum atomic E-state index is 12.6. The molecule has 6 heteroatoms. The Morgan fingerprint density at radius 1 is 1.07 bits per heavy atom. The molecular formula is C22H18ClNO4. The molecule has 2 heterocycles. The molecule has 1 aliphatic rings. The standard InChI is InChI=1S/C22H18ClNO4/c1-14-9-19(11-21(25)27-14)28-20-12-24(13-20)22(26)16-7-5-15(6-8-16)17-3-2-4-18(23)10-17/h2-11,20H,12-13H2,1H3. The van der Waals surface area contributed by atoms with Crippen LogP contribution in [0.2, 0.25) is 5.02 Å². The molecule has 0 N–H and O–H groups in total. The molecule has 0 bridgehead atoms. The maximum absolute atomic E-state index is 12.6. The number of rotatable bonds is 4. The van der Waals surface area contributed by atoms with Crippen molar-refractivity contribution < 1.29 is 13.9 Å². The van der Waals surface area contributed by atoms with Gasteiger partial charge in [0.1, 0.15) is 17.6 Å². The number of hydrogen-bond acceptors (Lipinski definition) is 4. The number of aryl methyl sites for hydroxylation is 1. The van der Waals surface area contributed by atoms with E-state index in [1.807, 2.05) is 48.5 Å². The van der Waals surface area contributed by atoms with Crippen LogP contribution in [0.4, 0.5) is 0 Å². The second-order valence-corrected chi connectivity index (χ2v) is 7.20. The second-order valence-electron chi connectivity index (χ2n) is 6.76. The van der Waals surface area contributed by atoms with Crippen LogP contribution >= 0.6 is 11.6 Å². The summed E-state index contributed by atoms with van der Waals surface area (Å²) in [6, 6.07) is 18.0. The zero-order valence-electron chi connectivity index (χ0n) is 15.2. The van der Waals surface area contributed by atoms with Gasteiger partial charge in [0.25, 0.3) is 5.91 Å². The fourth-order valence-corrected chi connectivity index (χ4v) is 3.36. The zero-order valence-corrected chi connectivity index (χ0v) is 16.0. The zero-order chi connectivity index (χ0) is 19.7. The number of nitrogens with zero attached hydrogens (tertiary/aromatic N) is 1. The van der Waals surface area contributed by atoms with Gasteiger partial charge in [-0.15, -0.1) is 0 Å². The Kier molecular flexibility index (Phi) is 4.92. The summed E-state index contributed by atoms with van der Waals surface area (Å²) in [5, 5.41) is 0.677. The van der Waals surface area contributed by atoms with Crippen LogP contribution in [0.3, 0.4) is 0 Å². The predicted octanol–water partition coefficient (Wildman–Crippen LogP) is 4.17. The molecular weight excluding hydrogens is 378 g/mol. The Balaban J connectivity index is 1.37. The predicted molar refractivity (Wildman–Crippen MR) is 107 cm³/mol. The molecule has 0 saturated carbocycles. The maximum Gasteiger partial charge on any atom is 0.339 e. The van der Waals surface area contributed by atoms with Crippen molar-refractivity contribution in [2.75, 3.05) is 13.1 Å². The number of amides is 1. The molecule has 1 fully saturated rings. The minimum Gasteiger partial charge on any atom is -0.486 e. The van der Waals surface area contributed by atoms with E-state index >= 15 is 0 Å². The highest BCUT2D eigenvalue weighted by molar-refractivity contribution is 6.30. The molecule has 0 spiro atoms. The average molecular weight is 396 g/mol. The Labute approximate surface area is 167 Å². The number of likely N-dealkylation sites (tertiary alicyclic amines) is 1. The van der Waals surface area contributed by atoms with E-state index < -0.39 is 5.63 Å². The van der Waals surface area contributed by atoms with Gasteiger partial charge in [0.2, 0.25) is 0 Å². The van der Waals surface area contributed by atoms with E-state index in [0.29, 0.717) is 35.2 Å². The van der Waals surface area contributed by atoms with Crippen molar-refractivity contribution in [3.8, 4) is 16.9 Å². The highest BCUT2D eigenvalue weighted by Gasteiger charge is 2.33. The number of carbonyl (C=O) groups is 1. The Morgan fingerprint density at radius 2 is 1.82 bits per heavy atom. The molecule has 2 aromatic carbocycles. The summed E-state index contributed by atoms with van der Waals surface area (Å²) in [6.07, 6.45) is -0.129. The third-order valence-electron chi connectivity index (χ3n) is 4.60. The average Bonchev–Trinajstić information content (AvgIpc) is 2.63. The van der Waals surface area contributed by atoms with E-state index in [1.165, 1.54) is 6.07 Å². The normalized spacial score (nSPS) is 13.9. The van der Waals surface area contributed by atoms with Gasteiger partial charge in [-0.25, -0.2) is 4.79 Å². The van der Waals surface area contributed by atoms with Crippen LogP contribution in [0.5, 0.6) is 5.75 Å².